The third-order valence-corrected chi connectivity index (χ3v) is 3.74. The van der Waals surface area contributed by atoms with Crippen LogP contribution in [-0.2, 0) is 25.3 Å². The van der Waals surface area contributed by atoms with Gasteiger partial charge in [0.25, 0.3) is 0 Å². The Balaban J connectivity index is 3.02. The van der Waals surface area contributed by atoms with E-state index in [1.807, 2.05) is 0 Å². The van der Waals surface area contributed by atoms with Gasteiger partial charge in [-0.05, 0) is 6.07 Å². The first-order valence-electron chi connectivity index (χ1n) is 5.57. The molecule has 0 atom stereocenters. The lowest BCUT2D eigenvalue weighted by molar-refractivity contribution is -0.138. The first kappa shape index (κ1) is 19.0. The van der Waals surface area contributed by atoms with E-state index in [2.05, 4.69) is 9.92 Å². The van der Waals surface area contributed by atoms with Crippen LogP contribution in [0, 0.1) is 0 Å². The Morgan fingerprint density at radius 3 is 2.09 bits per heavy atom. The second-order valence-electron chi connectivity index (χ2n) is 4.06. The molecule has 128 valence electrons. The maximum atomic E-state index is 13.0. The van der Waals surface area contributed by atoms with Crippen LogP contribution in [0.1, 0.15) is 15.9 Å². The SMILES string of the molecule is NC(=O)C(F)(F)S(=O)(=O)OCC(=O)c1ccccc1C(F)(F)F. The minimum absolute atomic E-state index is 0.541. The Bertz CT molecular complexity index is 729. The van der Waals surface area contributed by atoms with Gasteiger partial charge < -0.3 is 5.73 Å². The van der Waals surface area contributed by atoms with Gasteiger partial charge in [-0.1, -0.05) is 18.2 Å². The summed E-state index contributed by atoms with van der Waals surface area (Å²) in [6.07, 6.45) is -4.93. The van der Waals surface area contributed by atoms with Crippen LogP contribution in [0.2, 0.25) is 0 Å². The quantitative estimate of drug-likeness (QED) is 0.467. The maximum Gasteiger partial charge on any atom is 0.446 e. The molecule has 1 amide bonds. The maximum absolute atomic E-state index is 13.0. The first-order valence-corrected chi connectivity index (χ1v) is 6.97. The van der Waals surface area contributed by atoms with E-state index in [1.54, 1.807) is 0 Å². The highest BCUT2D eigenvalue weighted by atomic mass is 32.2. The average molecular weight is 361 g/mol. The molecule has 0 bridgehead atoms. The van der Waals surface area contributed by atoms with Crippen molar-refractivity contribution in [2.75, 3.05) is 6.61 Å². The number of carbonyl (C=O) groups is 2. The minimum Gasteiger partial charge on any atom is -0.363 e. The number of carbonyl (C=O) groups excluding carboxylic acids is 2. The fraction of sp³-hybridized carbons (Fsp3) is 0.273. The molecular weight excluding hydrogens is 353 g/mol. The van der Waals surface area contributed by atoms with Crippen LogP contribution in [-0.4, -0.2) is 32.0 Å². The standard InChI is InChI=1S/C11H8F5NO5S/c12-10(13,14)7-4-2-1-3-6(7)8(18)5-22-23(20,21)11(15,16)9(17)19/h1-4H,5H2,(H2,17,19). The fourth-order valence-electron chi connectivity index (χ4n) is 1.38. The highest BCUT2D eigenvalue weighted by molar-refractivity contribution is 7.88. The van der Waals surface area contributed by atoms with E-state index in [0.29, 0.717) is 12.1 Å². The Morgan fingerprint density at radius 2 is 1.61 bits per heavy atom. The third-order valence-electron chi connectivity index (χ3n) is 2.48. The van der Waals surface area contributed by atoms with Gasteiger partial charge in [-0.25, -0.2) is 0 Å². The number of amides is 1. The zero-order valence-electron chi connectivity index (χ0n) is 10.9. The van der Waals surface area contributed by atoms with Gasteiger partial charge in [-0.3, -0.25) is 13.8 Å². The summed E-state index contributed by atoms with van der Waals surface area (Å²) in [5.41, 5.74) is 1.80. The lowest BCUT2D eigenvalue weighted by Crippen LogP contribution is -2.44. The Hall–Kier alpha value is -2.08. The largest absolute Gasteiger partial charge is 0.446 e. The van der Waals surface area contributed by atoms with Crippen LogP contribution in [0.5, 0.6) is 0 Å². The molecule has 0 saturated carbocycles. The molecule has 23 heavy (non-hydrogen) atoms. The number of rotatable bonds is 6. The number of benzene rings is 1. The number of hydrogen-bond acceptors (Lipinski definition) is 5. The number of primary amides is 1. The van der Waals surface area contributed by atoms with Crippen LogP contribution < -0.4 is 5.73 Å². The van der Waals surface area contributed by atoms with Gasteiger partial charge in [-0.15, -0.1) is 0 Å². The Morgan fingerprint density at radius 1 is 1.09 bits per heavy atom. The summed E-state index contributed by atoms with van der Waals surface area (Å²) in [7, 11) is -5.92. The van der Waals surface area contributed by atoms with E-state index in [1.165, 1.54) is 0 Å². The van der Waals surface area contributed by atoms with Gasteiger partial charge >= 0.3 is 27.5 Å². The molecular formula is C11H8F5NO5S. The zero-order chi connectivity index (χ0) is 18.1. The molecule has 0 heterocycles. The van der Waals surface area contributed by atoms with Crippen LogP contribution in [0.4, 0.5) is 22.0 Å². The molecule has 0 fully saturated rings. The van der Waals surface area contributed by atoms with E-state index >= 15 is 0 Å². The summed E-state index contributed by atoms with van der Waals surface area (Å²) >= 11 is 0. The molecule has 0 spiro atoms. The van der Waals surface area contributed by atoms with Gasteiger partial charge in [0.15, 0.2) is 5.78 Å². The van der Waals surface area contributed by atoms with Crippen LogP contribution >= 0.6 is 0 Å². The van der Waals surface area contributed by atoms with Crippen molar-refractivity contribution in [2.45, 2.75) is 11.4 Å². The van der Waals surface area contributed by atoms with Gasteiger partial charge in [0.05, 0.1) is 5.56 Å². The van der Waals surface area contributed by atoms with Crippen LogP contribution in [0.15, 0.2) is 24.3 Å². The summed E-state index contributed by atoms with van der Waals surface area (Å²) in [6.45, 7) is -1.65. The predicted molar refractivity (Wildman–Crippen MR) is 64.8 cm³/mol. The lowest BCUT2D eigenvalue weighted by Gasteiger charge is -2.14. The minimum atomic E-state index is -5.92. The molecule has 1 rings (SSSR count). The van der Waals surface area contributed by atoms with Crippen molar-refractivity contribution in [3.63, 3.8) is 0 Å². The van der Waals surface area contributed by atoms with Gasteiger partial charge in [0.2, 0.25) is 0 Å². The Kier molecular flexibility index (Phi) is 5.11. The number of nitrogens with two attached hydrogens (primary N) is 1. The predicted octanol–water partition coefficient (Wildman–Crippen LogP) is 1.31. The van der Waals surface area contributed by atoms with E-state index in [4.69, 9.17) is 0 Å². The van der Waals surface area contributed by atoms with Crippen LogP contribution in [0.3, 0.4) is 0 Å². The van der Waals surface area contributed by atoms with Gasteiger partial charge in [0.1, 0.15) is 6.61 Å². The van der Waals surface area contributed by atoms with E-state index in [-0.39, 0.29) is 0 Å². The summed E-state index contributed by atoms with van der Waals surface area (Å²) in [5, 5.41) is -5.13. The van der Waals surface area contributed by atoms with Crippen molar-refractivity contribution >= 4 is 21.8 Å². The van der Waals surface area contributed by atoms with Crippen molar-refractivity contribution in [3.8, 4) is 0 Å². The molecule has 0 unspecified atom stereocenters. The normalized spacial score (nSPS) is 12.9. The molecule has 0 aliphatic rings. The summed E-state index contributed by atoms with van der Waals surface area (Å²) < 4.78 is 89.8. The lowest BCUT2D eigenvalue weighted by atomic mass is 10.0. The smallest absolute Gasteiger partial charge is 0.363 e. The molecule has 1 aromatic carbocycles. The number of hydrogen-bond donors (Lipinski definition) is 1. The first-order chi connectivity index (χ1) is 10.3. The molecule has 0 radical (unpaired) electrons. The molecule has 6 nitrogen and oxygen atoms in total. The van der Waals surface area contributed by atoms with Crippen molar-refractivity contribution in [2.24, 2.45) is 5.73 Å². The van der Waals surface area contributed by atoms with E-state index in [9.17, 15) is 40.0 Å². The number of alkyl halides is 5. The molecule has 2 N–H and O–H groups in total. The highest BCUT2D eigenvalue weighted by Gasteiger charge is 2.53. The third kappa shape index (κ3) is 4.01. The molecule has 0 aromatic heterocycles. The summed E-state index contributed by atoms with van der Waals surface area (Å²) in [5.74, 6) is -4.08. The highest BCUT2D eigenvalue weighted by Crippen LogP contribution is 2.32. The van der Waals surface area contributed by atoms with Crippen molar-refractivity contribution in [1.82, 2.24) is 0 Å². The Labute approximate surface area is 126 Å². The van der Waals surface area contributed by atoms with Crippen LogP contribution in [0.25, 0.3) is 0 Å². The second kappa shape index (κ2) is 6.20. The van der Waals surface area contributed by atoms with Crippen molar-refractivity contribution in [3.05, 3.63) is 35.4 Å². The van der Waals surface area contributed by atoms with Gasteiger partial charge in [0, 0.05) is 5.56 Å². The number of halogens is 5. The molecule has 1 aromatic rings. The van der Waals surface area contributed by atoms with Crippen molar-refractivity contribution < 1.29 is 44.1 Å². The summed E-state index contributed by atoms with van der Waals surface area (Å²) in [4.78, 5) is 22.0. The topological polar surface area (TPSA) is 104 Å². The molecule has 0 aliphatic heterocycles. The van der Waals surface area contributed by atoms with E-state index in [0.717, 1.165) is 12.1 Å². The fourth-order valence-corrected chi connectivity index (χ4v) is 2.04. The van der Waals surface area contributed by atoms with Gasteiger partial charge in [-0.2, -0.15) is 30.4 Å². The molecule has 0 aliphatic carbocycles. The average Bonchev–Trinajstić information content (AvgIpc) is 2.43. The van der Waals surface area contributed by atoms with E-state index < -0.39 is 51.0 Å². The molecule has 12 heteroatoms. The zero-order valence-corrected chi connectivity index (χ0v) is 11.7. The summed E-state index contributed by atoms with van der Waals surface area (Å²) in [6, 6.07) is 3.28. The number of Topliss-reactive ketones (excluding diaryl/α,β-unsaturated/α-hetero) is 1. The number of ketones is 1. The molecule has 0 saturated heterocycles. The van der Waals surface area contributed by atoms with Crippen molar-refractivity contribution in [1.29, 1.82) is 0 Å². The second-order valence-corrected chi connectivity index (χ2v) is 5.72. The monoisotopic (exact) mass is 361 g/mol.